The quantitative estimate of drug-likeness (QED) is 0.533. The van der Waals surface area contributed by atoms with Crippen molar-refractivity contribution in [2.75, 3.05) is 25.1 Å². The van der Waals surface area contributed by atoms with Crippen LogP contribution in [-0.2, 0) is 15.3 Å². The van der Waals surface area contributed by atoms with Gasteiger partial charge >= 0.3 is 0 Å². The van der Waals surface area contributed by atoms with Crippen LogP contribution in [0.25, 0.3) is 0 Å². The fourth-order valence-electron chi connectivity index (χ4n) is 2.75. The summed E-state index contributed by atoms with van der Waals surface area (Å²) in [5.74, 6) is 0.907. The lowest BCUT2D eigenvalue weighted by molar-refractivity contribution is 0.580. The van der Waals surface area contributed by atoms with E-state index in [1.807, 2.05) is 32.0 Å². The molecule has 140 valence electrons. The number of rotatable bonds is 8. The minimum absolute atomic E-state index is 0.0360. The molecule has 25 heavy (non-hydrogen) atoms. The first-order chi connectivity index (χ1) is 11.7. The lowest BCUT2D eigenvalue weighted by Crippen LogP contribution is -2.43. The number of hydrogen-bond donors (Lipinski definition) is 2. The Hall–Kier alpha value is -1.27. The number of nitrogens with zero attached hydrogens (tertiary/aromatic N) is 1. The zero-order chi connectivity index (χ0) is 18.5. The van der Waals surface area contributed by atoms with Crippen molar-refractivity contribution in [3.8, 4) is 0 Å². The predicted molar refractivity (Wildman–Crippen MR) is 105 cm³/mol. The highest BCUT2D eigenvalue weighted by Crippen LogP contribution is 2.48. The summed E-state index contributed by atoms with van der Waals surface area (Å²) in [7, 11) is -2.95. The van der Waals surface area contributed by atoms with Gasteiger partial charge in [-0.15, -0.1) is 0 Å². The minimum atomic E-state index is -2.95. The maximum atomic E-state index is 11.3. The minimum Gasteiger partial charge on any atom is -0.357 e. The monoisotopic (exact) mass is 385 g/mol. The Kier molecular flexibility index (Phi) is 6.74. The molecule has 0 bridgehead atoms. The maximum absolute atomic E-state index is 11.3. The Morgan fingerprint density at radius 1 is 1.40 bits per heavy atom. The van der Waals surface area contributed by atoms with Crippen molar-refractivity contribution in [2.24, 2.45) is 4.99 Å². The van der Waals surface area contributed by atoms with Crippen LogP contribution >= 0.6 is 11.6 Å². The Bertz CT molecular complexity index is 715. The third kappa shape index (κ3) is 6.51. The van der Waals surface area contributed by atoms with Gasteiger partial charge in [0.25, 0.3) is 0 Å². The largest absolute Gasteiger partial charge is 0.357 e. The Morgan fingerprint density at radius 3 is 2.68 bits per heavy atom. The van der Waals surface area contributed by atoms with Gasteiger partial charge in [-0.2, -0.15) is 0 Å². The Labute approximate surface area is 156 Å². The summed E-state index contributed by atoms with van der Waals surface area (Å²) in [5.41, 5.74) is 1.33. The van der Waals surface area contributed by atoms with Crippen LogP contribution in [0.2, 0.25) is 5.02 Å². The van der Waals surface area contributed by atoms with Gasteiger partial charge in [-0.1, -0.05) is 23.7 Å². The molecule has 1 aromatic carbocycles. The topological polar surface area (TPSA) is 70.6 Å². The molecule has 1 aliphatic carbocycles. The molecule has 0 aromatic heterocycles. The normalized spacial score (nSPS) is 17.8. The van der Waals surface area contributed by atoms with Crippen molar-refractivity contribution in [1.82, 2.24) is 10.6 Å². The van der Waals surface area contributed by atoms with Crippen molar-refractivity contribution in [1.29, 1.82) is 0 Å². The average Bonchev–Trinajstić information content (AvgIpc) is 3.32. The van der Waals surface area contributed by atoms with E-state index in [0.29, 0.717) is 13.0 Å². The molecule has 0 radical (unpaired) electrons. The number of guanidine groups is 1. The molecule has 1 saturated carbocycles. The van der Waals surface area contributed by atoms with Gasteiger partial charge in [0.05, 0.1) is 12.3 Å². The van der Waals surface area contributed by atoms with Crippen molar-refractivity contribution in [2.45, 2.75) is 44.6 Å². The summed E-state index contributed by atoms with van der Waals surface area (Å²) in [5, 5.41) is 7.30. The van der Waals surface area contributed by atoms with Crippen molar-refractivity contribution < 1.29 is 8.42 Å². The SMILES string of the molecule is CCNC(=NCC1(c2cccc(Cl)c2)CC1)NC(C)CCS(C)(=O)=O. The van der Waals surface area contributed by atoms with Gasteiger partial charge in [-0.05, 0) is 50.8 Å². The zero-order valence-electron chi connectivity index (χ0n) is 15.2. The van der Waals surface area contributed by atoms with Gasteiger partial charge < -0.3 is 10.6 Å². The molecule has 0 amide bonds. The first kappa shape index (κ1) is 20.0. The van der Waals surface area contributed by atoms with E-state index in [2.05, 4.69) is 16.7 Å². The molecule has 0 saturated heterocycles. The molecule has 1 atom stereocenters. The molecule has 0 heterocycles. The van der Waals surface area contributed by atoms with E-state index in [4.69, 9.17) is 16.6 Å². The highest BCUT2D eigenvalue weighted by atomic mass is 35.5. The van der Waals surface area contributed by atoms with Crippen LogP contribution in [0, 0.1) is 0 Å². The fraction of sp³-hybridized carbons (Fsp3) is 0.611. The number of hydrogen-bond acceptors (Lipinski definition) is 3. The van der Waals surface area contributed by atoms with E-state index in [1.54, 1.807) is 0 Å². The lowest BCUT2D eigenvalue weighted by atomic mass is 9.96. The third-order valence-corrected chi connectivity index (χ3v) is 5.69. The molecule has 1 aliphatic rings. The summed E-state index contributed by atoms with van der Waals surface area (Å²) in [6.45, 7) is 5.44. The van der Waals surface area contributed by atoms with Crippen LogP contribution in [0.3, 0.4) is 0 Å². The van der Waals surface area contributed by atoms with E-state index in [0.717, 1.165) is 30.4 Å². The zero-order valence-corrected chi connectivity index (χ0v) is 16.8. The molecular formula is C18H28ClN3O2S. The smallest absolute Gasteiger partial charge is 0.191 e. The highest BCUT2D eigenvalue weighted by molar-refractivity contribution is 7.90. The van der Waals surface area contributed by atoms with E-state index in [9.17, 15) is 8.42 Å². The van der Waals surface area contributed by atoms with Gasteiger partial charge in [0, 0.05) is 29.3 Å². The molecule has 1 unspecified atom stereocenters. The summed E-state index contributed by atoms with van der Waals surface area (Å²) in [6.07, 6.45) is 4.04. The second-order valence-corrected chi connectivity index (χ2v) is 9.65. The van der Waals surface area contributed by atoms with Crippen molar-refractivity contribution in [3.05, 3.63) is 34.9 Å². The van der Waals surface area contributed by atoms with Crippen LogP contribution in [0.5, 0.6) is 0 Å². The first-order valence-corrected chi connectivity index (χ1v) is 11.2. The Morgan fingerprint density at radius 2 is 2.12 bits per heavy atom. The van der Waals surface area contributed by atoms with E-state index in [-0.39, 0.29) is 17.2 Å². The number of sulfone groups is 1. The number of halogens is 1. The molecule has 5 nitrogen and oxygen atoms in total. The van der Waals surface area contributed by atoms with Gasteiger partial charge in [0.2, 0.25) is 0 Å². The number of nitrogens with one attached hydrogen (secondary N) is 2. The summed E-state index contributed by atoms with van der Waals surface area (Å²) in [4.78, 5) is 4.74. The maximum Gasteiger partial charge on any atom is 0.191 e. The molecular weight excluding hydrogens is 358 g/mol. The lowest BCUT2D eigenvalue weighted by Gasteiger charge is -2.19. The average molecular weight is 386 g/mol. The fourth-order valence-corrected chi connectivity index (χ4v) is 3.73. The van der Waals surface area contributed by atoms with Crippen molar-refractivity contribution in [3.63, 3.8) is 0 Å². The van der Waals surface area contributed by atoms with Gasteiger partial charge in [0.1, 0.15) is 9.84 Å². The van der Waals surface area contributed by atoms with Crippen LogP contribution in [0.1, 0.15) is 38.7 Å². The van der Waals surface area contributed by atoms with Crippen LogP contribution in [-0.4, -0.2) is 45.5 Å². The van der Waals surface area contributed by atoms with E-state index >= 15 is 0 Å². The molecule has 1 aromatic rings. The molecule has 1 fully saturated rings. The molecule has 2 N–H and O–H groups in total. The van der Waals surface area contributed by atoms with Crippen LogP contribution < -0.4 is 10.6 Å². The predicted octanol–water partition coefficient (Wildman–Crippen LogP) is 2.75. The number of aliphatic imine (C=N–C) groups is 1. The first-order valence-electron chi connectivity index (χ1n) is 8.73. The van der Waals surface area contributed by atoms with Crippen LogP contribution in [0.4, 0.5) is 0 Å². The molecule has 7 heteroatoms. The van der Waals surface area contributed by atoms with Gasteiger partial charge in [0.15, 0.2) is 5.96 Å². The van der Waals surface area contributed by atoms with E-state index < -0.39 is 9.84 Å². The summed E-state index contributed by atoms with van der Waals surface area (Å²) < 4.78 is 22.6. The number of benzene rings is 1. The van der Waals surface area contributed by atoms with Crippen LogP contribution in [0.15, 0.2) is 29.3 Å². The van der Waals surface area contributed by atoms with E-state index in [1.165, 1.54) is 11.8 Å². The van der Waals surface area contributed by atoms with Gasteiger partial charge in [-0.3, -0.25) is 4.99 Å². The van der Waals surface area contributed by atoms with Crippen molar-refractivity contribution >= 4 is 27.4 Å². The molecule has 2 rings (SSSR count). The second-order valence-electron chi connectivity index (χ2n) is 6.95. The summed E-state index contributed by atoms with van der Waals surface area (Å²) >= 11 is 6.12. The standard InChI is InChI=1S/C18H28ClN3O2S/c1-4-20-17(22-14(2)8-11-25(3,23)24)21-13-18(9-10-18)15-6-5-7-16(19)12-15/h5-7,12,14H,4,8-11,13H2,1-3H3,(H2,20,21,22). The highest BCUT2D eigenvalue weighted by Gasteiger charge is 2.44. The second kappa shape index (κ2) is 8.41. The third-order valence-electron chi connectivity index (χ3n) is 4.48. The summed E-state index contributed by atoms with van der Waals surface area (Å²) in [6, 6.07) is 8.05. The molecule has 0 aliphatic heterocycles. The Balaban J connectivity index is 1.99. The van der Waals surface area contributed by atoms with Gasteiger partial charge in [-0.25, -0.2) is 8.42 Å². The molecule has 0 spiro atoms.